The number of halogens is 2. The van der Waals surface area contributed by atoms with Crippen LogP contribution in [0, 0.1) is 11.3 Å². The lowest BCUT2D eigenvalue weighted by molar-refractivity contribution is 0.0636. The van der Waals surface area contributed by atoms with Gasteiger partial charge in [-0.25, -0.2) is 0 Å². The highest BCUT2D eigenvalue weighted by Gasteiger charge is 2.30. The molecular weight excluding hydrogens is 397 g/mol. The zero-order valence-electron chi connectivity index (χ0n) is 15.3. The van der Waals surface area contributed by atoms with E-state index in [1.807, 2.05) is 24.1 Å². The van der Waals surface area contributed by atoms with Crippen molar-refractivity contribution in [3.05, 3.63) is 64.3 Å². The molecule has 1 amide bonds. The van der Waals surface area contributed by atoms with Crippen molar-refractivity contribution >= 4 is 29.1 Å². The first-order valence-electron chi connectivity index (χ1n) is 8.80. The topological polar surface area (TPSA) is 67.6 Å². The number of aromatic hydroxyl groups is 1. The van der Waals surface area contributed by atoms with E-state index < -0.39 is 6.04 Å². The zero-order chi connectivity index (χ0) is 20.3. The van der Waals surface area contributed by atoms with Gasteiger partial charge in [-0.15, -0.1) is 0 Å². The van der Waals surface area contributed by atoms with Crippen molar-refractivity contribution in [1.29, 1.82) is 5.26 Å². The van der Waals surface area contributed by atoms with Crippen LogP contribution in [0.4, 0.5) is 0 Å². The Hall–Kier alpha value is -2.68. The zero-order valence-corrected chi connectivity index (χ0v) is 16.8. The number of hydrogen-bond acceptors (Lipinski definition) is 4. The average molecular weight is 416 g/mol. The van der Waals surface area contributed by atoms with Gasteiger partial charge in [0, 0.05) is 23.7 Å². The number of rotatable bonds is 3. The van der Waals surface area contributed by atoms with E-state index in [2.05, 4.69) is 6.07 Å². The van der Waals surface area contributed by atoms with Crippen LogP contribution in [-0.2, 0) is 0 Å². The van der Waals surface area contributed by atoms with Gasteiger partial charge in [0.25, 0.3) is 5.91 Å². The van der Waals surface area contributed by atoms with Crippen molar-refractivity contribution in [3.8, 4) is 22.9 Å². The number of phenols is 1. The van der Waals surface area contributed by atoms with E-state index >= 15 is 0 Å². The van der Waals surface area contributed by atoms with Crippen molar-refractivity contribution in [3.63, 3.8) is 0 Å². The van der Waals surface area contributed by atoms with Crippen LogP contribution in [0.25, 0.3) is 11.1 Å². The minimum absolute atomic E-state index is 0.0875. The van der Waals surface area contributed by atoms with Crippen LogP contribution in [0.1, 0.15) is 17.3 Å². The predicted molar refractivity (Wildman–Crippen MR) is 110 cm³/mol. The highest BCUT2D eigenvalue weighted by Crippen LogP contribution is 2.36. The molecule has 0 spiro atoms. The molecule has 0 saturated carbocycles. The Morgan fingerprint density at radius 3 is 2.61 bits per heavy atom. The summed E-state index contributed by atoms with van der Waals surface area (Å²) in [6.45, 7) is 3.18. The summed E-state index contributed by atoms with van der Waals surface area (Å²) in [6.07, 6.45) is 3.73. The minimum Gasteiger partial charge on any atom is -0.508 e. The van der Waals surface area contributed by atoms with Gasteiger partial charge in [0.1, 0.15) is 11.8 Å². The van der Waals surface area contributed by atoms with E-state index in [1.54, 1.807) is 29.2 Å². The molecule has 1 aliphatic heterocycles. The normalized spacial score (nSPS) is 17.0. The van der Waals surface area contributed by atoms with E-state index in [0.29, 0.717) is 29.2 Å². The number of allylic oxidation sites excluding steroid dienone is 1. The second-order valence-corrected chi connectivity index (χ2v) is 7.32. The molecule has 0 aliphatic carbocycles. The molecular formula is C21H19Cl2N3O2. The fourth-order valence-corrected chi connectivity index (χ4v) is 3.76. The summed E-state index contributed by atoms with van der Waals surface area (Å²) in [7, 11) is 0. The van der Waals surface area contributed by atoms with Gasteiger partial charge in [0.2, 0.25) is 0 Å². The number of amides is 1. The first-order valence-corrected chi connectivity index (χ1v) is 9.56. The molecule has 1 aliphatic rings. The fraction of sp³-hybridized carbons (Fsp3) is 0.238. The number of benzene rings is 2. The van der Waals surface area contributed by atoms with Crippen LogP contribution in [0.5, 0.6) is 5.75 Å². The Morgan fingerprint density at radius 1 is 1.25 bits per heavy atom. The SMILES string of the molecule is CC=CN1CCN(C(=O)c2cc(O)cc(Cl)c2-c2ccc(Cl)cc2)CC1C#N. The number of phenolic OH excluding ortho intramolecular Hbond substituents is 1. The van der Waals surface area contributed by atoms with Gasteiger partial charge < -0.3 is 14.9 Å². The summed E-state index contributed by atoms with van der Waals surface area (Å²) in [5.74, 6) is -0.362. The monoisotopic (exact) mass is 415 g/mol. The second kappa shape index (κ2) is 8.55. The number of piperazine rings is 1. The Morgan fingerprint density at radius 2 is 1.96 bits per heavy atom. The molecule has 5 nitrogen and oxygen atoms in total. The van der Waals surface area contributed by atoms with Crippen molar-refractivity contribution < 1.29 is 9.90 Å². The molecule has 1 saturated heterocycles. The lowest BCUT2D eigenvalue weighted by Gasteiger charge is -2.38. The smallest absolute Gasteiger partial charge is 0.254 e. The minimum atomic E-state index is -0.430. The van der Waals surface area contributed by atoms with Gasteiger partial charge in [-0.2, -0.15) is 5.26 Å². The lowest BCUT2D eigenvalue weighted by Crippen LogP contribution is -2.52. The lowest BCUT2D eigenvalue weighted by atomic mass is 9.97. The highest BCUT2D eigenvalue weighted by molar-refractivity contribution is 6.34. The van der Waals surface area contributed by atoms with E-state index in [4.69, 9.17) is 23.2 Å². The Bertz CT molecular complexity index is 951. The number of nitriles is 1. The number of carbonyl (C=O) groups excluding carboxylic acids is 1. The van der Waals surface area contributed by atoms with Gasteiger partial charge in [0.15, 0.2) is 0 Å². The van der Waals surface area contributed by atoms with Crippen molar-refractivity contribution in [1.82, 2.24) is 9.80 Å². The van der Waals surface area contributed by atoms with E-state index in [-0.39, 0.29) is 23.2 Å². The molecule has 1 heterocycles. The molecule has 1 N–H and O–H groups in total. The van der Waals surface area contributed by atoms with Crippen LogP contribution in [0.15, 0.2) is 48.7 Å². The van der Waals surface area contributed by atoms with E-state index in [0.717, 1.165) is 5.56 Å². The van der Waals surface area contributed by atoms with Crippen LogP contribution in [0.2, 0.25) is 10.0 Å². The summed E-state index contributed by atoms with van der Waals surface area (Å²) in [6, 6.07) is 11.6. The first-order chi connectivity index (χ1) is 13.4. The van der Waals surface area contributed by atoms with Gasteiger partial charge >= 0.3 is 0 Å². The summed E-state index contributed by atoms with van der Waals surface area (Å²) < 4.78 is 0. The quantitative estimate of drug-likeness (QED) is 0.797. The Labute approximate surface area is 174 Å². The standard InChI is InChI=1S/C21H19Cl2N3O2/c1-2-7-25-8-9-26(13-16(25)12-24)21(28)18-10-17(27)11-19(23)20(18)14-3-5-15(22)6-4-14/h2-7,10-11,16,27H,8-9,13H2,1H3. The van der Waals surface area contributed by atoms with Crippen LogP contribution in [-0.4, -0.2) is 46.5 Å². The second-order valence-electron chi connectivity index (χ2n) is 6.47. The molecule has 1 fully saturated rings. The summed E-state index contributed by atoms with van der Waals surface area (Å²) in [5.41, 5.74) is 1.55. The van der Waals surface area contributed by atoms with Crippen LogP contribution >= 0.6 is 23.2 Å². The van der Waals surface area contributed by atoms with Gasteiger partial charge in [-0.1, -0.05) is 41.4 Å². The van der Waals surface area contributed by atoms with E-state index in [1.165, 1.54) is 12.1 Å². The molecule has 0 aromatic heterocycles. The molecule has 28 heavy (non-hydrogen) atoms. The largest absolute Gasteiger partial charge is 0.508 e. The fourth-order valence-electron chi connectivity index (χ4n) is 3.31. The summed E-state index contributed by atoms with van der Waals surface area (Å²) in [5, 5.41) is 20.3. The molecule has 1 atom stereocenters. The number of nitrogens with zero attached hydrogens (tertiary/aromatic N) is 3. The van der Waals surface area contributed by atoms with E-state index in [9.17, 15) is 15.2 Å². The molecule has 2 aromatic rings. The summed E-state index contributed by atoms with van der Waals surface area (Å²) in [4.78, 5) is 16.8. The van der Waals surface area contributed by atoms with Gasteiger partial charge in [0.05, 0.1) is 23.2 Å². The molecule has 2 aromatic carbocycles. The Balaban J connectivity index is 1.98. The molecule has 3 rings (SSSR count). The van der Waals surface area contributed by atoms with Crippen LogP contribution < -0.4 is 0 Å². The number of carbonyl (C=O) groups is 1. The average Bonchev–Trinajstić information content (AvgIpc) is 2.68. The maximum absolute atomic E-state index is 13.3. The third-order valence-electron chi connectivity index (χ3n) is 4.64. The first kappa shape index (κ1) is 20.1. The summed E-state index contributed by atoms with van der Waals surface area (Å²) >= 11 is 12.3. The third-order valence-corrected chi connectivity index (χ3v) is 5.19. The van der Waals surface area contributed by atoms with Crippen molar-refractivity contribution in [2.24, 2.45) is 0 Å². The molecule has 0 radical (unpaired) electrons. The predicted octanol–water partition coefficient (Wildman–Crippen LogP) is 4.55. The van der Waals surface area contributed by atoms with Gasteiger partial charge in [-0.05, 0) is 43.0 Å². The maximum Gasteiger partial charge on any atom is 0.254 e. The number of hydrogen-bond donors (Lipinski definition) is 1. The van der Waals surface area contributed by atoms with Gasteiger partial charge in [-0.3, -0.25) is 4.79 Å². The molecule has 144 valence electrons. The van der Waals surface area contributed by atoms with Crippen molar-refractivity contribution in [2.45, 2.75) is 13.0 Å². The maximum atomic E-state index is 13.3. The van der Waals surface area contributed by atoms with Crippen molar-refractivity contribution in [2.75, 3.05) is 19.6 Å². The molecule has 0 bridgehead atoms. The highest BCUT2D eigenvalue weighted by atomic mass is 35.5. The molecule has 1 unspecified atom stereocenters. The third kappa shape index (κ3) is 4.09. The Kier molecular flexibility index (Phi) is 6.13. The van der Waals surface area contributed by atoms with Crippen LogP contribution in [0.3, 0.4) is 0 Å². The molecule has 7 heteroatoms.